The third-order valence-electron chi connectivity index (χ3n) is 14.5. The van der Waals surface area contributed by atoms with Gasteiger partial charge in [0, 0.05) is 36.3 Å². The maximum Gasteiger partial charge on any atom is 0.300 e. The minimum absolute atomic E-state index is 0. The molecule has 5 aliphatic rings. The van der Waals surface area contributed by atoms with Crippen LogP contribution >= 0.6 is 0 Å². The van der Waals surface area contributed by atoms with Gasteiger partial charge in [-0.1, -0.05) is 90.4 Å². The molecular formula is C39H60O5V. The van der Waals surface area contributed by atoms with E-state index in [0.29, 0.717) is 24.4 Å². The summed E-state index contributed by atoms with van der Waals surface area (Å²) < 4.78 is 6.88. The van der Waals surface area contributed by atoms with E-state index >= 15 is 0 Å². The van der Waals surface area contributed by atoms with Crippen LogP contribution in [0.3, 0.4) is 0 Å². The van der Waals surface area contributed by atoms with Crippen molar-refractivity contribution in [1.82, 2.24) is 0 Å². The van der Waals surface area contributed by atoms with Gasteiger partial charge in [-0.05, 0) is 103 Å². The van der Waals surface area contributed by atoms with Crippen LogP contribution in [0.5, 0.6) is 0 Å². The van der Waals surface area contributed by atoms with Gasteiger partial charge in [0.05, 0.1) is 25.4 Å². The van der Waals surface area contributed by atoms with Gasteiger partial charge in [0.15, 0.2) is 0 Å². The summed E-state index contributed by atoms with van der Waals surface area (Å²) in [6, 6.07) is 10.7. The van der Waals surface area contributed by atoms with Crippen LogP contribution in [0.1, 0.15) is 119 Å². The second-order valence-electron chi connectivity index (χ2n) is 17.4. The molecule has 4 fully saturated rings. The van der Waals surface area contributed by atoms with E-state index in [9.17, 15) is 10.2 Å². The van der Waals surface area contributed by atoms with Gasteiger partial charge >= 0.3 is 0 Å². The molecule has 251 valence electrons. The molecule has 6 heteroatoms. The molecule has 3 N–H and O–H groups in total. The Morgan fingerprint density at radius 2 is 1.53 bits per heavy atom. The van der Waals surface area contributed by atoms with Crippen LogP contribution in [0.2, 0.25) is 0 Å². The van der Waals surface area contributed by atoms with Crippen LogP contribution in [0.4, 0.5) is 0 Å². The number of hydrogen-bond acceptors (Lipinski definition) is 4. The number of carboxylic acid groups (broad SMARTS) is 1. The second-order valence-corrected chi connectivity index (χ2v) is 17.4. The molecule has 4 saturated carbocycles. The first-order valence-electron chi connectivity index (χ1n) is 17.3. The Bertz CT molecular complexity index is 1240. The maximum absolute atomic E-state index is 11.0. The van der Waals surface area contributed by atoms with E-state index < -0.39 is 12.1 Å². The number of carbonyl (C=O) groups is 1. The molecule has 1 aromatic carbocycles. The fraction of sp³-hybridized carbons (Fsp3) is 0.769. The molecule has 5 aliphatic carbocycles. The molecule has 5 nitrogen and oxygen atoms in total. The summed E-state index contributed by atoms with van der Waals surface area (Å²) in [5, 5.41) is 29.0. The molecule has 0 heterocycles. The van der Waals surface area contributed by atoms with Crippen LogP contribution in [-0.4, -0.2) is 40.1 Å². The summed E-state index contributed by atoms with van der Waals surface area (Å²) in [4.78, 5) is 9.00. The van der Waals surface area contributed by atoms with Gasteiger partial charge in [-0.15, -0.1) is 0 Å². The quantitative estimate of drug-likeness (QED) is 0.283. The summed E-state index contributed by atoms with van der Waals surface area (Å²) in [5.41, 5.74) is 3.66. The predicted molar refractivity (Wildman–Crippen MR) is 176 cm³/mol. The monoisotopic (exact) mass is 659 g/mol. The molecule has 45 heavy (non-hydrogen) atoms. The topological polar surface area (TPSA) is 87.0 Å². The van der Waals surface area contributed by atoms with Gasteiger partial charge in [-0.2, -0.15) is 0 Å². The zero-order valence-corrected chi connectivity index (χ0v) is 30.6. The first-order chi connectivity index (χ1) is 20.5. The summed E-state index contributed by atoms with van der Waals surface area (Å²) in [6.45, 7) is 19.4. The number of allylic oxidation sites excluding steroid dienone is 2. The SMILES string of the molecule is CC(=O)O.CC1(C)CC(OCc2ccccc2)C2(C)CCC3(C)C(=CCC4C5(C)CCC(O)C(C)(CO)C5CCC43C)C2C1.[V]. The Balaban J connectivity index is 0.000000871. The van der Waals surface area contributed by atoms with Crippen molar-refractivity contribution in [2.24, 2.45) is 50.2 Å². The fourth-order valence-corrected chi connectivity index (χ4v) is 11.7. The molecule has 1 radical (unpaired) electrons. The number of aliphatic carboxylic acids is 1. The van der Waals surface area contributed by atoms with Crippen molar-refractivity contribution >= 4 is 5.97 Å². The molecule has 10 unspecified atom stereocenters. The van der Waals surface area contributed by atoms with Crippen LogP contribution in [-0.2, 0) is 34.7 Å². The third-order valence-corrected chi connectivity index (χ3v) is 14.5. The molecule has 0 aliphatic heterocycles. The number of benzene rings is 1. The molecule has 0 saturated heterocycles. The average molecular weight is 660 g/mol. The number of aliphatic hydroxyl groups is 2. The zero-order valence-electron chi connectivity index (χ0n) is 29.2. The zero-order chi connectivity index (χ0) is 32.3. The maximum atomic E-state index is 11.0. The molecule has 1 aromatic rings. The standard InChI is InChI=1S/C37H56O3.C2H4O2.V/c1-32(2)21-27-26-13-14-29-34(4)17-16-30(39)35(5,24-38)28(34)15-18-37(29,7)36(26,6)20-19-33(27,3)31(22-32)40-23-25-11-9-8-10-12-25;1-2(3)4;/h8-13,27-31,38-39H,14-24H2,1-7H3;1H3,(H,3,4);. The van der Waals surface area contributed by atoms with Crippen molar-refractivity contribution in [1.29, 1.82) is 0 Å². The number of carboxylic acids is 1. The number of ether oxygens (including phenoxy) is 1. The first-order valence-corrected chi connectivity index (χ1v) is 17.3. The summed E-state index contributed by atoms with van der Waals surface area (Å²) in [6.07, 6.45) is 12.8. The molecule has 10 atom stereocenters. The number of hydrogen-bond donors (Lipinski definition) is 3. The Labute approximate surface area is 284 Å². The van der Waals surface area contributed by atoms with Gasteiger partial charge in [0.25, 0.3) is 5.97 Å². The number of rotatable bonds is 4. The summed E-state index contributed by atoms with van der Waals surface area (Å²) >= 11 is 0. The van der Waals surface area contributed by atoms with Crippen LogP contribution < -0.4 is 0 Å². The smallest absolute Gasteiger partial charge is 0.300 e. The van der Waals surface area contributed by atoms with Gasteiger partial charge < -0.3 is 20.1 Å². The molecule has 0 amide bonds. The van der Waals surface area contributed by atoms with E-state index in [2.05, 4.69) is 84.9 Å². The van der Waals surface area contributed by atoms with Gasteiger partial charge in [-0.3, -0.25) is 4.79 Å². The van der Waals surface area contributed by atoms with Crippen molar-refractivity contribution in [3.63, 3.8) is 0 Å². The Morgan fingerprint density at radius 3 is 2.16 bits per heavy atom. The van der Waals surface area contributed by atoms with E-state index in [1.807, 2.05) is 0 Å². The minimum atomic E-state index is -0.833. The second kappa shape index (κ2) is 12.7. The Hall–Kier alpha value is -1.11. The molecule has 0 spiro atoms. The molecular weight excluding hydrogens is 599 g/mol. The van der Waals surface area contributed by atoms with Crippen molar-refractivity contribution in [3.05, 3.63) is 47.5 Å². The van der Waals surface area contributed by atoms with Crippen LogP contribution in [0, 0.1) is 50.2 Å². The summed E-state index contributed by atoms with van der Waals surface area (Å²) in [5.74, 6) is 0.704. The van der Waals surface area contributed by atoms with Crippen LogP contribution in [0.15, 0.2) is 42.0 Å². The van der Waals surface area contributed by atoms with Crippen molar-refractivity contribution in [2.75, 3.05) is 6.61 Å². The van der Waals surface area contributed by atoms with Crippen LogP contribution in [0.25, 0.3) is 0 Å². The Morgan fingerprint density at radius 1 is 0.889 bits per heavy atom. The van der Waals surface area contributed by atoms with E-state index in [0.717, 1.165) is 39.0 Å². The molecule has 0 bridgehead atoms. The van der Waals surface area contributed by atoms with Gasteiger partial charge in [0.1, 0.15) is 0 Å². The van der Waals surface area contributed by atoms with Gasteiger partial charge in [0.2, 0.25) is 0 Å². The predicted octanol–water partition coefficient (Wildman–Crippen LogP) is 8.43. The summed E-state index contributed by atoms with van der Waals surface area (Å²) in [7, 11) is 0. The minimum Gasteiger partial charge on any atom is -0.481 e. The van der Waals surface area contributed by atoms with Gasteiger partial charge in [-0.25, -0.2) is 0 Å². The first kappa shape index (κ1) is 36.7. The van der Waals surface area contributed by atoms with Crippen molar-refractivity contribution in [2.45, 2.75) is 132 Å². The largest absolute Gasteiger partial charge is 0.481 e. The number of aliphatic hydroxyl groups excluding tert-OH is 2. The fourth-order valence-electron chi connectivity index (χ4n) is 11.7. The molecule has 6 rings (SSSR count). The normalized spacial score (nSPS) is 44.7. The van der Waals surface area contributed by atoms with E-state index in [1.54, 1.807) is 5.57 Å². The van der Waals surface area contributed by atoms with Crippen molar-refractivity contribution < 1.29 is 43.4 Å². The molecule has 0 aromatic heterocycles. The van der Waals surface area contributed by atoms with E-state index in [-0.39, 0.29) is 63.8 Å². The third kappa shape index (κ3) is 5.94. The average Bonchev–Trinajstić information content (AvgIpc) is 2.95. The Kier molecular flexibility index (Phi) is 10.4. The van der Waals surface area contributed by atoms with E-state index in [1.165, 1.54) is 31.2 Å². The van der Waals surface area contributed by atoms with Crippen molar-refractivity contribution in [3.8, 4) is 0 Å². The number of fused-ring (bicyclic) bond motifs is 7. The van der Waals surface area contributed by atoms with E-state index in [4.69, 9.17) is 14.6 Å².